The highest BCUT2D eigenvalue weighted by molar-refractivity contribution is 5.94. The van der Waals surface area contributed by atoms with Gasteiger partial charge in [-0.15, -0.1) is 0 Å². The zero-order chi connectivity index (χ0) is 16.2. The number of amides is 1. The second-order valence-corrected chi connectivity index (χ2v) is 7.10. The predicted molar refractivity (Wildman–Crippen MR) is 89.4 cm³/mol. The molecule has 1 fully saturated rings. The van der Waals surface area contributed by atoms with Crippen LogP contribution in [0.4, 0.5) is 0 Å². The lowest BCUT2D eigenvalue weighted by atomic mass is 9.69. The normalized spacial score (nSPS) is 22.4. The molecule has 2 rings (SSSR count). The van der Waals surface area contributed by atoms with E-state index in [2.05, 4.69) is 31.1 Å². The molecule has 0 atom stereocenters. The summed E-state index contributed by atoms with van der Waals surface area (Å²) in [6.45, 7) is 7.36. The fraction of sp³-hybridized carbons (Fsp3) is 0.667. The third-order valence-corrected chi connectivity index (χ3v) is 5.37. The van der Waals surface area contributed by atoms with Crippen molar-refractivity contribution >= 4 is 5.91 Å². The van der Waals surface area contributed by atoms with Gasteiger partial charge in [0.2, 0.25) is 0 Å². The van der Waals surface area contributed by atoms with Crippen LogP contribution in [0.2, 0.25) is 0 Å². The van der Waals surface area contributed by atoms with Gasteiger partial charge >= 0.3 is 0 Å². The Kier molecular flexibility index (Phi) is 5.57. The molecule has 1 amide bonds. The molecule has 4 heteroatoms. The number of pyridine rings is 1. The van der Waals surface area contributed by atoms with E-state index in [4.69, 9.17) is 5.73 Å². The number of hydrogen-bond donors (Lipinski definition) is 2. The van der Waals surface area contributed by atoms with E-state index < -0.39 is 0 Å². The molecule has 1 aliphatic rings. The lowest BCUT2D eigenvalue weighted by molar-refractivity contribution is 0.0893. The van der Waals surface area contributed by atoms with Crippen LogP contribution < -0.4 is 11.1 Å². The number of rotatable bonds is 5. The zero-order valence-corrected chi connectivity index (χ0v) is 14.1. The molecule has 0 saturated heterocycles. The molecule has 1 saturated carbocycles. The van der Waals surface area contributed by atoms with Crippen molar-refractivity contribution in [1.29, 1.82) is 0 Å². The summed E-state index contributed by atoms with van der Waals surface area (Å²) in [6, 6.07) is 3.83. The van der Waals surface area contributed by atoms with Crippen molar-refractivity contribution in [3.63, 3.8) is 0 Å². The van der Waals surface area contributed by atoms with Crippen LogP contribution in [0.3, 0.4) is 0 Å². The molecule has 122 valence electrons. The molecule has 1 heterocycles. The fourth-order valence-electron chi connectivity index (χ4n) is 3.31. The zero-order valence-electron chi connectivity index (χ0n) is 14.1. The first kappa shape index (κ1) is 16.9. The average molecular weight is 303 g/mol. The van der Waals surface area contributed by atoms with Gasteiger partial charge in [-0.2, -0.15) is 0 Å². The quantitative estimate of drug-likeness (QED) is 0.877. The number of carbonyl (C=O) groups excluding carboxylic acids is 1. The first-order chi connectivity index (χ1) is 10.5. The molecule has 0 bridgehead atoms. The number of aromatic nitrogens is 1. The Hall–Kier alpha value is -1.42. The van der Waals surface area contributed by atoms with Crippen LogP contribution in [0.1, 0.15) is 68.9 Å². The summed E-state index contributed by atoms with van der Waals surface area (Å²) in [5.74, 6) is 0.769. The molecule has 3 N–H and O–H groups in total. The van der Waals surface area contributed by atoms with Crippen LogP contribution in [0, 0.1) is 11.3 Å². The van der Waals surface area contributed by atoms with E-state index >= 15 is 0 Å². The van der Waals surface area contributed by atoms with Crippen molar-refractivity contribution in [2.45, 2.75) is 65.5 Å². The smallest absolute Gasteiger partial charge is 0.251 e. The topological polar surface area (TPSA) is 68.0 Å². The summed E-state index contributed by atoms with van der Waals surface area (Å²) in [7, 11) is 0. The highest BCUT2D eigenvalue weighted by atomic mass is 16.1. The molecule has 1 aromatic heterocycles. The van der Waals surface area contributed by atoms with Crippen molar-refractivity contribution < 1.29 is 4.79 Å². The van der Waals surface area contributed by atoms with Gasteiger partial charge in [-0.3, -0.25) is 9.78 Å². The molecule has 0 unspecified atom stereocenters. The maximum absolute atomic E-state index is 12.3. The lowest BCUT2D eigenvalue weighted by Crippen LogP contribution is -2.40. The van der Waals surface area contributed by atoms with E-state index in [1.165, 1.54) is 19.3 Å². The van der Waals surface area contributed by atoms with Gasteiger partial charge in [-0.05, 0) is 49.1 Å². The van der Waals surface area contributed by atoms with Crippen molar-refractivity contribution in [1.82, 2.24) is 10.3 Å². The summed E-state index contributed by atoms with van der Waals surface area (Å²) in [4.78, 5) is 16.5. The predicted octanol–water partition coefficient (Wildman–Crippen LogP) is 3.27. The maximum Gasteiger partial charge on any atom is 0.251 e. The van der Waals surface area contributed by atoms with E-state index in [9.17, 15) is 4.79 Å². The third-order valence-electron chi connectivity index (χ3n) is 5.37. The van der Waals surface area contributed by atoms with Gasteiger partial charge < -0.3 is 11.1 Å². The average Bonchev–Trinajstić information content (AvgIpc) is 2.55. The Morgan fingerprint density at radius 3 is 2.64 bits per heavy atom. The molecule has 0 aromatic carbocycles. The minimum atomic E-state index is -0.00435. The summed E-state index contributed by atoms with van der Waals surface area (Å²) in [5.41, 5.74) is 7.40. The fourth-order valence-corrected chi connectivity index (χ4v) is 3.31. The van der Waals surface area contributed by atoms with E-state index in [1.807, 2.05) is 0 Å². The summed E-state index contributed by atoms with van der Waals surface area (Å²) < 4.78 is 0. The molecule has 0 radical (unpaired) electrons. The van der Waals surface area contributed by atoms with Crippen LogP contribution in [0.5, 0.6) is 0 Å². The number of hydrogen-bond acceptors (Lipinski definition) is 3. The minimum absolute atomic E-state index is 0.00435. The second kappa shape index (κ2) is 7.23. The number of nitrogens with one attached hydrogen (secondary N) is 1. The number of nitrogens with two attached hydrogens (primary N) is 1. The maximum atomic E-state index is 12.3. The molecular weight excluding hydrogens is 274 g/mol. The lowest BCUT2D eigenvalue weighted by Gasteiger charge is -2.39. The summed E-state index contributed by atoms with van der Waals surface area (Å²) in [6.07, 6.45) is 7.43. The van der Waals surface area contributed by atoms with Gasteiger partial charge in [0.15, 0.2) is 0 Å². The Bertz CT molecular complexity index is 505. The number of carbonyl (C=O) groups is 1. The Balaban J connectivity index is 1.89. The summed E-state index contributed by atoms with van der Waals surface area (Å²) in [5, 5.41) is 3.17. The monoisotopic (exact) mass is 303 g/mol. The third kappa shape index (κ3) is 4.07. The van der Waals surface area contributed by atoms with E-state index in [-0.39, 0.29) is 5.91 Å². The van der Waals surface area contributed by atoms with E-state index in [1.54, 1.807) is 18.3 Å². The Labute approximate surface area is 133 Å². The van der Waals surface area contributed by atoms with Crippen LogP contribution in [0.15, 0.2) is 18.3 Å². The van der Waals surface area contributed by atoms with Crippen LogP contribution in [0.25, 0.3) is 0 Å². The van der Waals surface area contributed by atoms with E-state index in [0.29, 0.717) is 23.6 Å². The van der Waals surface area contributed by atoms with Crippen molar-refractivity contribution in [3.05, 3.63) is 29.6 Å². The van der Waals surface area contributed by atoms with Crippen LogP contribution in [-0.2, 0) is 6.54 Å². The molecule has 4 nitrogen and oxygen atoms in total. The van der Waals surface area contributed by atoms with Gasteiger partial charge in [0.1, 0.15) is 0 Å². The molecule has 1 aromatic rings. The highest BCUT2D eigenvalue weighted by Gasteiger charge is 2.32. The van der Waals surface area contributed by atoms with Gasteiger partial charge in [0.25, 0.3) is 5.91 Å². The standard InChI is InChI=1S/C18H29N3O/c1-4-18(2,3)14-5-7-15(8-6-14)21-17(22)13-9-10-20-16(11-13)12-19/h9-11,14-15H,4-8,12,19H2,1-3H3,(H,21,22). The van der Waals surface area contributed by atoms with Crippen molar-refractivity contribution in [2.24, 2.45) is 17.1 Å². The molecule has 0 spiro atoms. The minimum Gasteiger partial charge on any atom is -0.349 e. The molecule has 1 aliphatic carbocycles. The van der Waals surface area contributed by atoms with Crippen LogP contribution in [-0.4, -0.2) is 16.9 Å². The summed E-state index contributed by atoms with van der Waals surface area (Å²) >= 11 is 0. The largest absolute Gasteiger partial charge is 0.349 e. The molecular formula is C18H29N3O. The van der Waals surface area contributed by atoms with Crippen LogP contribution >= 0.6 is 0 Å². The van der Waals surface area contributed by atoms with Gasteiger partial charge in [-0.25, -0.2) is 0 Å². The first-order valence-corrected chi connectivity index (χ1v) is 8.42. The highest BCUT2D eigenvalue weighted by Crippen LogP contribution is 2.40. The Morgan fingerprint density at radius 2 is 2.05 bits per heavy atom. The van der Waals surface area contributed by atoms with Crippen molar-refractivity contribution in [3.8, 4) is 0 Å². The van der Waals surface area contributed by atoms with Gasteiger partial charge in [-0.1, -0.05) is 27.2 Å². The SMILES string of the molecule is CCC(C)(C)C1CCC(NC(=O)c2ccnc(CN)c2)CC1. The van der Waals surface area contributed by atoms with E-state index in [0.717, 1.165) is 24.5 Å². The molecule has 22 heavy (non-hydrogen) atoms. The Morgan fingerprint density at radius 1 is 1.36 bits per heavy atom. The van der Waals surface area contributed by atoms with Gasteiger partial charge in [0.05, 0.1) is 5.69 Å². The van der Waals surface area contributed by atoms with Gasteiger partial charge in [0, 0.05) is 24.3 Å². The number of nitrogens with zero attached hydrogens (tertiary/aromatic N) is 1. The first-order valence-electron chi connectivity index (χ1n) is 8.42. The van der Waals surface area contributed by atoms with Crippen molar-refractivity contribution in [2.75, 3.05) is 0 Å². The second-order valence-electron chi connectivity index (χ2n) is 7.10. The molecule has 0 aliphatic heterocycles.